The largest absolute Gasteiger partial charge is 0.392 e. The first kappa shape index (κ1) is 19.1. The Kier molecular flexibility index (Phi) is 5.39. The second kappa shape index (κ2) is 8.46. The summed E-state index contributed by atoms with van der Waals surface area (Å²) in [5, 5.41) is 15.5. The van der Waals surface area contributed by atoms with Crippen LogP contribution in [0.3, 0.4) is 0 Å². The molecule has 3 aromatic carbocycles. The molecule has 1 aromatic heterocycles. The van der Waals surface area contributed by atoms with Gasteiger partial charge in [0.15, 0.2) is 0 Å². The van der Waals surface area contributed by atoms with Crippen molar-refractivity contribution >= 4 is 27.8 Å². The topological polar surface area (TPSA) is 64.2 Å². The predicted octanol–water partition coefficient (Wildman–Crippen LogP) is 4.53. The first-order chi connectivity index (χ1) is 14.8. The molecule has 0 saturated carbocycles. The molecule has 0 spiro atoms. The van der Waals surface area contributed by atoms with Crippen LogP contribution in [0.1, 0.15) is 24.0 Å². The van der Waals surface area contributed by atoms with Crippen LogP contribution in [-0.2, 0) is 13.2 Å². The number of piperidine rings is 1. The number of hydrogen-bond acceptors (Lipinski definition) is 4. The zero-order chi connectivity index (χ0) is 20.3. The maximum Gasteiger partial charge on any atom is 0.201 e. The van der Waals surface area contributed by atoms with Crippen molar-refractivity contribution in [3.8, 4) is 0 Å². The fourth-order valence-electron chi connectivity index (χ4n) is 4.50. The molecule has 0 unspecified atom stereocenters. The molecule has 1 saturated heterocycles. The van der Waals surface area contributed by atoms with E-state index in [0.29, 0.717) is 5.92 Å². The highest BCUT2D eigenvalue weighted by molar-refractivity contribution is 5.85. The summed E-state index contributed by atoms with van der Waals surface area (Å²) >= 11 is 0. The molecule has 5 rings (SSSR count). The van der Waals surface area contributed by atoms with Crippen LogP contribution in [0, 0.1) is 5.92 Å². The SMILES string of the molecule is OCc1ccc2nc(NCC3CCN(Cc4cccc5ccccc45)CC3)[nH]c2c1. The van der Waals surface area contributed by atoms with Crippen molar-refractivity contribution in [2.45, 2.75) is 26.0 Å². The third-order valence-corrected chi connectivity index (χ3v) is 6.27. The molecule has 2 heterocycles. The van der Waals surface area contributed by atoms with E-state index in [-0.39, 0.29) is 6.61 Å². The molecule has 4 aromatic rings. The number of H-pyrrole nitrogens is 1. The molecule has 154 valence electrons. The Morgan fingerprint density at radius 2 is 1.87 bits per heavy atom. The Morgan fingerprint density at radius 3 is 2.73 bits per heavy atom. The van der Waals surface area contributed by atoms with Gasteiger partial charge in [-0.05, 0) is 65.9 Å². The molecule has 5 heteroatoms. The highest BCUT2D eigenvalue weighted by Gasteiger charge is 2.20. The molecule has 1 fully saturated rings. The number of imidazole rings is 1. The first-order valence-corrected chi connectivity index (χ1v) is 10.8. The van der Waals surface area contributed by atoms with Crippen molar-refractivity contribution in [1.29, 1.82) is 0 Å². The zero-order valence-corrected chi connectivity index (χ0v) is 17.1. The minimum Gasteiger partial charge on any atom is -0.392 e. The lowest BCUT2D eigenvalue weighted by molar-refractivity contribution is 0.183. The second-order valence-electron chi connectivity index (χ2n) is 8.33. The zero-order valence-electron chi connectivity index (χ0n) is 17.1. The van der Waals surface area contributed by atoms with Gasteiger partial charge >= 0.3 is 0 Å². The number of hydrogen-bond donors (Lipinski definition) is 3. The van der Waals surface area contributed by atoms with Crippen molar-refractivity contribution in [1.82, 2.24) is 14.9 Å². The Bertz CT molecular complexity index is 1140. The predicted molar refractivity (Wildman–Crippen MR) is 122 cm³/mol. The number of rotatable bonds is 6. The Hall–Kier alpha value is -2.89. The van der Waals surface area contributed by atoms with Crippen LogP contribution in [0.4, 0.5) is 5.95 Å². The summed E-state index contributed by atoms with van der Waals surface area (Å²) in [7, 11) is 0. The van der Waals surface area contributed by atoms with Crippen LogP contribution in [0.15, 0.2) is 60.7 Å². The average molecular weight is 401 g/mol. The smallest absolute Gasteiger partial charge is 0.201 e. The summed E-state index contributed by atoms with van der Waals surface area (Å²) in [6, 6.07) is 21.1. The fourth-order valence-corrected chi connectivity index (χ4v) is 4.50. The number of aliphatic hydroxyl groups excluding tert-OH is 1. The molecule has 5 nitrogen and oxygen atoms in total. The molecular weight excluding hydrogens is 372 g/mol. The molecular formula is C25H28N4O. The molecule has 0 radical (unpaired) electrons. The van der Waals surface area contributed by atoms with E-state index in [9.17, 15) is 5.11 Å². The van der Waals surface area contributed by atoms with E-state index >= 15 is 0 Å². The summed E-state index contributed by atoms with van der Waals surface area (Å²) in [6.07, 6.45) is 2.40. The summed E-state index contributed by atoms with van der Waals surface area (Å²) in [5.74, 6) is 1.48. The van der Waals surface area contributed by atoms with Gasteiger partial charge in [0.05, 0.1) is 17.6 Å². The monoisotopic (exact) mass is 400 g/mol. The van der Waals surface area contributed by atoms with Gasteiger partial charge in [0.1, 0.15) is 0 Å². The van der Waals surface area contributed by atoms with Crippen molar-refractivity contribution in [2.24, 2.45) is 5.92 Å². The molecule has 1 aliphatic rings. The van der Waals surface area contributed by atoms with E-state index in [1.807, 2.05) is 18.2 Å². The Labute approximate surface area is 176 Å². The van der Waals surface area contributed by atoms with E-state index < -0.39 is 0 Å². The highest BCUT2D eigenvalue weighted by atomic mass is 16.3. The molecule has 0 atom stereocenters. The Balaban J connectivity index is 1.15. The standard InChI is InChI=1S/C25H28N4O/c30-17-19-8-9-23-24(14-19)28-25(27-23)26-15-18-10-12-29(13-11-18)16-21-6-3-5-20-4-1-2-7-22(20)21/h1-9,14,18,30H,10-13,15-17H2,(H2,26,27,28). The normalized spacial score (nSPS) is 15.8. The van der Waals surface area contributed by atoms with Crippen LogP contribution < -0.4 is 5.32 Å². The summed E-state index contributed by atoms with van der Waals surface area (Å²) in [6.45, 7) is 4.28. The first-order valence-electron chi connectivity index (χ1n) is 10.8. The van der Waals surface area contributed by atoms with Crippen molar-refractivity contribution in [2.75, 3.05) is 25.0 Å². The minimum atomic E-state index is 0.0507. The van der Waals surface area contributed by atoms with E-state index in [1.165, 1.54) is 29.2 Å². The lowest BCUT2D eigenvalue weighted by atomic mass is 9.96. The van der Waals surface area contributed by atoms with Crippen molar-refractivity contribution < 1.29 is 5.11 Å². The number of anilines is 1. The van der Waals surface area contributed by atoms with Gasteiger partial charge in [-0.15, -0.1) is 0 Å². The van der Waals surface area contributed by atoms with Crippen LogP contribution in [0.5, 0.6) is 0 Å². The van der Waals surface area contributed by atoms with Crippen molar-refractivity contribution in [3.05, 3.63) is 71.8 Å². The summed E-state index contributed by atoms with van der Waals surface area (Å²) in [4.78, 5) is 10.5. The van der Waals surface area contributed by atoms with Crippen LogP contribution >= 0.6 is 0 Å². The number of aromatic amines is 1. The quantitative estimate of drug-likeness (QED) is 0.445. The van der Waals surface area contributed by atoms with Crippen LogP contribution in [-0.4, -0.2) is 39.6 Å². The number of nitrogens with zero attached hydrogens (tertiary/aromatic N) is 2. The summed E-state index contributed by atoms with van der Waals surface area (Å²) in [5.41, 5.74) is 4.22. The second-order valence-corrected chi connectivity index (χ2v) is 8.33. The van der Waals surface area contributed by atoms with Gasteiger partial charge < -0.3 is 15.4 Å². The lowest BCUT2D eigenvalue weighted by Crippen LogP contribution is -2.35. The fraction of sp³-hybridized carbons (Fsp3) is 0.320. The number of fused-ring (bicyclic) bond motifs is 2. The van der Waals surface area contributed by atoms with E-state index in [4.69, 9.17) is 0 Å². The number of nitrogens with one attached hydrogen (secondary N) is 2. The maximum absolute atomic E-state index is 9.29. The Morgan fingerprint density at radius 1 is 1.03 bits per heavy atom. The number of aromatic nitrogens is 2. The van der Waals surface area contributed by atoms with Crippen LogP contribution in [0.2, 0.25) is 0 Å². The lowest BCUT2D eigenvalue weighted by Gasteiger charge is -2.32. The summed E-state index contributed by atoms with van der Waals surface area (Å²) < 4.78 is 0. The van der Waals surface area contributed by atoms with Gasteiger partial charge in [0, 0.05) is 13.1 Å². The third kappa shape index (κ3) is 4.04. The third-order valence-electron chi connectivity index (χ3n) is 6.27. The highest BCUT2D eigenvalue weighted by Crippen LogP contribution is 2.24. The average Bonchev–Trinajstić information content (AvgIpc) is 3.21. The van der Waals surface area contributed by atoms with E-state index in [0.717, 1.165) is 48.7 Å². The van der Waals surface area contributed by atoms with Crippen molar-refractivity contribution in [3.63, 3.8) is 0 Å². The van der Waals surface area contributed by atoms with Gasteiger partial charge in [0.2, 0.25) is 5.95 Å². The van der Waals surface area contributed by atoms with Gasteiger partial charge in [-0.25, -0.2) is 4.98 Å². The van der Waals surface area contributed by atoms with Gasteiger partial charge in [-0.2, -0.15) is 0 Å². The molecule has 3 N–H and O–H groups in total. The number of aliphatic hydroxyl groups is 1. The minimum absolute atomic E-state index is 0.0507. The van der Waals surface area contributed by atoms with E-state index in [1.54, 1.807) is 0 Å². The van der Waals surface area contributed by atoms with E-state index in [2.05, 4.69) is 62.6 Å². The molecule has 0 bridgehead atoms. The van der Waals surface area contributed by atoms with Crippen LogP contribution in [0.25, 0.3) is 21.8 Å². The maximum atomic E-state index is 9.29. The molecule has 1 aliphatic heterocycles. The number of benzene rings is 3. The van der Waals surface area contributed by atoms with Gasteiger partial charge in [-0.3, -0.25) is 4.90 Å². The molecule has 30 heavy (non-hydrogen) atoms. The molecule has 0 amide bonds. The molecule has 0 aliphatic carbocycles. The van der Waals surface area contributed by atoms with Gasteiger partial charge in [-0.1, -0.05) is 48.5 Å². The van der Waals surface area contributed by atoms with Gasteiger partial charge in [0.25, 0.3) is 0 Å². The number of likely N-dealkylation sites (tertiary alicyclic amines) is 1.